The van der Waals surface area contributed by atoms with E-state index in [9.17, 15) is 14.0 Å². The molecular weight excluding hydrogens is 503 g/mol. The summed E-state index contributed by atoms with van der Waals surface area (Å²) in [4.78, 5) is 31.9. The molecule has 0 bridgehead atoms. The SMILES string of the molecule is C=C(F)/C=C\C(CCC(=O)N1CC2CCC(C(C)Cc3cccnc3)CC2C1)Cc1n[nH]c(=O)c2ccccc12. The molecule has 5 rings (SSSR count). The molecule has 210 valence electrons. The molecule has 40 heavy (non-hydrogen) atoms. The number of amides is 1. The Morgan fingerprint density at radius 1 is 1.15 bits per heavy atom. The predicted octanol–water partition coefficient (Wildman–Crippen LogP) is 6.05. The van der Waals surface area contributed by atoms with Crippen LogP contribution in [0.25, 0.3) is 10.8 Å². The number of allylic oxidation sites excluding steroid dienone is 3. The third-order valence-electron chi connectivity index (χ3n) is 9.04. The van der Waals surface area contributed by atoms with Crippen LogP contribution in [0.4, 0.5) is 4.39 Å². The molecule has 5 atom stereocenters. The van der Waals surface area contributed by atoms with E-state index in [1.165, 1.54) is 30.9 Å². The van der Waals surface area contributed by atoms with Gasteiger partial charge in [0.05, 0.1) is 11.1 Å². The van der Waals surface area contributed by atoms with Crippen molar-refractivity contribution in [2.24, 2.45) is 29.6 Å². The Labute approximate surface area is 235 Å². The monoisotopic (exact) mass is 542 g/mol. The number of hydrogen-bond donors (Lipinski definition) is 1. The van der Waals surface area contributed by atoms with Crippen LogP contribution in [0.2, 0.25) is 0 Å². The van der Waals surface area contributed by atoms with Gasteiger partial charge in [0.15, 0.2) is 0 Å². The third-order valence-corrected chi connectivity index (χ3v) is 9.04. The van der Waals surface area contributed by atoms with Crippen LogP contribution in [0.1, 0.15) is 50.3 Å². The largest absolute Gasteiger partial charge is 0.342 e. The molecule has 1 amide bonds. The minimum atomic E-state index is -0.522. The van der Waals surface area contributed by atoms with Gasteiger partial charge in [0.2, 0.25) is 5.91 Å². The van der Waals surface area contributed by atoms with E-state index in [0.717, 1.165) is 30.6 Å². The molecule has 5 unspecified atom stereocenters. The fourth-order valence-electron chi connectivity index (χ4n) is 6.79. The number of carbonyl (C=O) groups excluding carboxylic acids is 1. The molecule has 1 N–H and O–H groups in total. The number of rotatable bonds is 10. The highest BCUT2D eigenvalue weighted by molar-refractivity contribution is 5.83. The van der Waals surface area contributed by atoms with E-state index in [-0.39, 0.29) is 17.4 Å². The first-order chi connectivity index (χ1) is 19.4. The van der Waals surface area contributed by atoms with E-state index in [0.29, 0.717) is 48.3 Å². The van der Waals surface area contributed by atoms with Crippen LogP contribution >= 0.6 is 0 Å². The Kier molecular flexibility index (Phi) is 8.88. The van der Waals surface area contributed by atoms with E-state index in [4.69, 9.17) is 0 Å². The predicted molar refractivity (Wildman–Crippen MR) is 156 cm³/mol. The summed E-state index contributed by atoms with van der Waals surface area (Å²) in [6.07, 6.45) is 13.1. The maximum atomic E-state index is 13.5. The number of nitrogens with zero attached hydrogens (tertiary/aromatic N) is 3. The zero-order valence-corrected chi connectivity index (χ0v) is 23.3. The number of benzene rings is 1. The van der Waals surface area contributed by atoms with Crippen molar-refractivity contribution in [2.75, 3.05) is 13.1 Å². The first-order valence-electron chi connectivity index (χ1n) is 14.5. The molecule has 0 radical (unpaired) electrons. The standard InChI is InChI=1S/C33H39FN4O2/c1-22(16-25-6-5-15-35-19-25)26-12-13-27-20-38(21-28(27)18-26)32(39)14-11-24(10-9-23(2)34)17-31-29-7-3-4-8-30(29)33(40)37-36-31/h3-10,15,19,22,24,26-28H,2,11-14,16-18,20-21H2,1H3,(H,37,40)/b10-9-. The zero-order chi connectivity index (χ0) is 28.1. The molecule has 1 saturated carbocycles. The molecule has 3 aromatic rings. The van der Waals surface area contributed by atoms with E-state index >= 15 is 0 Å². The number of nitrogens with one attached hydrogen (secondary N) is 1. The quantitative estimate of drug-likeness (QED) is 0.316. The Morgan fingerprint density at radius 3 is 2.73 bits per heavy atom. The molecule has 2 aliphatic rings. The van der Waals surface area contributed by atoms with Crippen molar-refractivity contribution in [3.05, 3.63) is 95.0 Å². The lowest BCUT2D eigenvalue weighted by Crippen LogP contribution is -2.29. The second-order valence-corrected chi connectivity index (χ2v) is 11.8. The smallest absolute Gasteiger partial charge is 0.272 e. The maximum Gasteiger partial charge on any atom is 0.272 e. The van der Waals surface area contributed by atoms with Gasteiger partial charge < -0.3 is 4.90 Å². The highest BCUT2D eigenvalue weighted by Gasteiger charge is 2.40. The van der Waals surface area contributed by atoms with Gasteiger partial charge in [-0.25, -0.2) is 9.49 Å². The van der Waals surface area contributed by atoms with Gasteiger partial charge in [-0.15, -0.1) is 0 Å². The number of aromatic amines is 1. The second kappa shape index (κ2) is 12.7. The van der Waals surface area contributed by atoms with Gasteiger partial charge >= 0.3 is 0 Å². The third kappa shape index (κ3) is 6.75. The van der Waals surface area contributed by atoms with Gasteiger partial charge in [-0.3, -0.25) is 14.6 Å². The van der Waals surface area contributed by atoms with Crippen LogP contribution in [0, 0.1) is 29.6 Å². The average molecular weight is 543 g/mol. The topological polar surface area (TPSA) is 79.0 Å². The van der Waals surface area contributed by atoms with Gasteiger partial charge in [0.25, 0.3) is 5.56 Å². The molecule has 1 saturated heterocycles. The summed E-state index contributed by atoms with van der Waals surface area (Å²) >= 11 is 0. The van der Waals surface area contributed by atoms with Crippen molar-refractivity contribution < 1.29 is 9.18 Å². The molecule has 3 heterocycles. The van der Waals surface area contributed by atoms with Crippen LogP contribution in [0.3, 0.4) is 0 Å². The van der Waals surface area contributed by atoms with Gasteiger partial charge in [-0.05, 0) is 91.9 Å². The van der Waals surface area contributed by atoms with Crippen LogP contribution in [0.5, 0.6) is 0 Å². The molecule has 6 nitrogen and oxygen atoms in total. The summed E-state index contributed by atoms with van der Waals surface area (Å²) in [7, 11) is 0. The summed E-state index contributed by atoms with van der Waals surface area (Å²) in [6.45, 7) is 7.39. The fraction of sp³-hybridized carbons (Fsp3) is 0.455. The second-order valence-electron chi connectivity index (χ2n) is 11.8. The summed E-state index contributed by atoms with van der Waals surface area (Å²) in [5, 5.41) is 8.23. The summed E-state index contributed by atoms with van der Waals surface area (Å²) < 4.78 is 13.5. The van der Waals surface area contributed by atoms with E-state index < -0.39 is 5.83 Å². The molecule has 1 aliphatic heterocycles. The Morgan fingerprint density at radius 2 is 1.95 bits per heavy atom. The summed E-state index contributed by atoms with van der Waals surface area (Å²) in [6, 6.07) is 11.5. The minimum Gasteiger partial charge on any atom is -0.342 e. The van der Waals surface area contributed by atoms with Crippen LogP contribution in [-0.4, -0.2) is 39.1 Å². The van der Waals surface area contributed by atoms with Gasteiger partial charge in [0.1, 0.15) is 5.83 Å². The van der Waals surface area contributed by atoms with Gasteiger partial charge in [0, 0.05) is 37.3 Å². The number of aromatic nitrogens is 3. The number of carbonyl (C=O) groups is 1. The Bertz CT molecular complexity index is 1420. The van der Waals surface area contributed by atoms with Crippen LogP contribution < -0.4 is 5.56 Å². The average Bonchev–Trinajstić information content (AvgIpc) is 3.40. The summed E-state index contributed by atoms with van der Waals surface area (Å²) in [5.74, 6) is 1.98. The van der Waals surface area contributed by atoms with E-state index in [2.05, 4.69) is 39.7 Å². The maximum absolute atomic E-state index is 13.5. The number of likely N-dealkylation sites (tertiary alicyclic amines) is 1. The lowest BCUT2D eigenvalue weighted by Gasteiger charge is -2.34. The zero-order valence-electron chi connectivity index (χ0n) is 23.3. The van der Waals surface area contributed by atoms with Crippen molar-refractivity contribution in [1.82, 2.24) is 20.1 Å². The number of H-pyrrole nitrogens is 1. The first kappa shape index (κ1) is 27.9. The number of fused-ring (bicyclic) bond motifs is 2. The fourth-order valence-corrected chi connectivity index (χ4v) is 6.79. The van der Waals surface area contributed by atoms with Gasteiger partial charge in [-0.1, -0.05) is 43.8 Å². The van der Waals surface area contributed by atoms with Crippen molar-refractivity contribution in [1.29, 1.82) is 0 Å². The van der Waals surface area contributed by atoms with Crippen molar-refractivity contribution in [2.45, 2.75) is 51.9 Å². The van der Waals surface area contributed by atoms with Crippen molar-refractivity contribution >= 4 is 16.7 Å². The Hall–Kier alpha value is -3.61. The van der Waals surface area contributed by atoms with Crippen molar-refractivity contribution in [3.8, 4) is 0 Å². The highest BCUT2D eigenvalue weighted by atomic mass is 19.1. The molecular formula is C33H39FN4O2. The molecule has 2 fully saturated rings. The van der Waals surface area contributed by atoms with Crippen LogP contribution in [0.15, 0.2) is 78.1 Å². The lowest BCUT2D eigenvalue weighted by atomic mass is 9.70. The molecule has 7 heteroatoms. The van der Waals surface area contributed by atoms with E-state index in [1.807, 2.05) is 36.7 Å². The van der Waals surface area contributed by atoms with Gasteiger partial charge in [-0.2, -0.15) is 5.10 Å². The molecule has 1 aromatic carbocycles. The van der Waals surface area contributed by atoms with Crippen molar-refractivity contribution in [3.63, 3.8) is 0 Å². The summed E-state index contributed by atoms with van der Waals surface area (Å²) in [5.41, 5.74) is 1.80. The number of halogens is 1. The molecule has 2 aromatic heterocycles. The number of hydrogen-bond acceptors (Lipinski definition) is 4. The normalized spacial score (nSPS) is 22.4. The lowest BCUT2D eigenvalue weighted by molar-refractivity contribution is -0.130. The van der Waals surface area contributed by atoms with E-state index in [1.54, 1.807) is 12.1 Å². The molecule has 0 spiro atoms. The Balaban J connectivity index is 1.18. The van der Waals surface area contributed by atoms with Crippen LogP contribution in [-0.2, 0) is 17.6 Å². The number of pyridine rings is 1. The minimum absolute atomic E-state index is 0.110. The highest BCUT2D eigenvalue weighted by Crippen LogP contribution is 2.42. The first-order valence-corrected chi connectivity index (χ1v) is 14.5. The molecule has 1 aliphatic carbocycles.